The molecule has 1 heterocycles. The molecule has 0 atom stereocenters. The minimum Gasteiger partial charge on any atom is -0.383 e. The molecule has 0 saturated carbocycles. The minimum atomic E-state index is -0.0721. The molecular formula is C10H14N4O. The Kier molecular flexibility index (Phi) is 1.92. The van der Waals surface area contributed by atoms with Crippen LogP contribution in [-0.4, -0.2) is 15.8 Å². The summed E-state index contributed by atoms with van der Waals surface area (Å²) in [5, 5.41) is 0. The van der Waals surface area contributed by atoms with Gasteiger partial charge in [0.05, 0.1) is 11.3 Å². The van der Waals surface area contributed by atoms with Gasteiger partial charge < -0.3 is 11.5 Å². The number of nitrogens with two attached hydrogens (primary N) is 2. The van der Waals surface area contributed by atoms with Gasteiger partial charge in [-0.25, -0.2) is 4.98 Å². The van der Waals surface area contributed by atoms with E-state index in [0.717, 1.165) is 0 Å². The largest absolute Gasteiger partial charge is 0.383 e. The first-order valence-corrected chi connectivity index (χ1v) is 4.84. The van der Waals surface area contributed by atoms with Gasteiger partial charge in [0.25, 0.3) is 0 Å². The lowest BCUT2D eigenvalue weighted by molar-refractivity contribution is 0.0911. The summed E-state index contributed by atoms with van der Waals surface area (Å²) >= 11 is 0. The monoisotopic (exact) mass is 206 g/mol. The smallest absolute Gasteiger partial charge is 0.222 e. The molecule has 80 valence electrons. The van der Waals surface area contributed by atoms with Gasteiger partial charge >= 0.3 is 0 Å². The molecule has 1 aliphatic rings. The molecule has 1 aromatic heterocycles. The Bertz CT molecular complexity index is 439. The van der Waals surface area contributed by atoms with E-state index in [2.05, 4.69) is 9.97 Å². The van der Waals surface area contributed by atoms with E-state index >= 15 is 0 Å². The summed E-state index contributed by atoms with van der Waals surface area (Å²) in [5.74, 6) is 0.355. The summed E-state index contributed by atoms with van der Waals surface area (Å²) in [4.78, 5) is 19.7. The average molecular weight is 206 g/mol. The number of carbonyl (C=O) groups excluding carboxylic acids is 1. The van der Waals surface area contributed by atoms with Gasteiger partial charge in [-0.1, -0.05) is 13.8 Å². The maximum atomic E-state index is 11.8. The zero-order chi connectivity index (χ0) is 11.2. The van der Waals surface area contributed by atoms with E-state index in [0.29, 0.717) is 24.1 Å². The van der Waals surface area contributed by atoms with Crippen LogP contribution in [0.1, 0.15) is 36.3 Å². The van der Waals surface area contributed by atoms with Crippen molar-refractivity contribution in [2.24, 2.45) is 5.41 Å². The van der Waals surface area contributed by atoms with Crippen LogP contribution < -0.4 is 11.5 Å². The van der Waals surface area contributed by atoms with Crippen LogP contribution in [0.3, 0.4) is 0 Å². The highest BCUT2D eigenvalue weighted by molar-refractivity contribution is 6.02. The molecule has 0 amide bonds. The lowest BCUT2D eigenvalue weighted by Gasteiger charge is -2.29. The highest BCUT2D eigenvalue weighted by Crippen LogP contribution is 2.35. The average Bonchev–Trinajstić information content (AvgIpc) is 1.97. The fraction of sp³-hybridized carbons (Fsp3) is 0.500. The molecule has 5 heteroatoms. The molecule has 0 bridgehead atoms. The van der Waals surface area contributed by atoms with Crippen LogP contribution in [0.15, 0.2) is 0 Å². The van der Waals surface area contributed by atoms with Crippen LogP contribution in [0.25, 0.3) is 0 Å². The van der Waals surface area contributed by atoms with E-state index in [1.807, 2.05) is 13.8 Å². The lowest BCUT2D eigenvalue weighted by atomic mass is 9.76. The molecule has 0 aliphatic heterocycles. The normalized spacial score (nSPS) is 18.7. The Labute approximate surface area is 87.9 Å². The molecule has 0 fully saturated rings. The van der Waals surface area contributed by atoms with Gasteiger partial charge in [0.2, 0.25) is 5.95 Å². The Hall–Kier alpha value is -1.65. The summed E-state index contributed by atoms with van der Waals surface area (Å²) in [7, 11) is 0. The molecule has 0 saturated heterocycles. The minimum absolute atomic E-state index is 0.0127. The second kappa shape index (κ2) is 2.92. The van der Waals surface area contributed by atoms with Crippen LogP contribution in [0.2, 0.25) is 0 Å². The topological polar surface area (TPSA) is 94.9 Å². The van der Waals surface area contributed by atoms with Gasteiger partial charge in [-0.3, -0.25) is 4.79 Å². The summed E-state index contributed by atoms with van der Waals surface area (Å²) < 4.78 is 0. The summed E-state index contributed by atoms with van der Waals surface area (Å²) in [6.07, 6.45) is 1.20. The fourth-order valence-electron chi connectivity index (χ4n) is 2.02. The number of nitrogen functional groups attached to an aromatic ring is 2. The maximum Gasteiger partial charge on any atom is 0.222 e. The SMILES string of the molecule is CC1(C)CC(=O)c2c(N)nc(N)nc2C1. The summed E-state index contributed by atoms with van der Waals surface area (Å²) in [6, 6.07) is 0. The fourth-order valence-corrected chi connectivity index (χ4v) is 2.02. The molecule has 0 aromatic carbocycles. The Morgan fingerprint density at radius 3 is 2.53 bits per heavy atom. The van der Waals surface area contributed by atoms with Crippen LogP contribution >= 0.6 is 0 Å². The lowest BCUT2D eigenvalue weighted by Crippen LogP contribution is -2.29. The van der Waals surface area contributed by atoms with Gasteiger partial charge in [0, 0.05) is 6.42 Å². The molecule has 0 spiro atoms. The zero-order valence-electron chi connectivity index (χ0n) is 8.87. The molecule has 4 N–H and O–H groups in total. The number of ketones is 1. The number of fused-ring (bicyclic) bond motifs is 1. The van der Waals surface area contributed by atoms with Gasteiger partial charge in [-0.2, -0.15) is 4.98 Å². The molecule has 2 rings (SSSR count). The molecule has 5 nitrogen and oxygen atoms in total. The summed E-state index contributed by atoms with van der Waals surface area (Å²) in [6.45, 7) is 4.06. The third kappa shape index (κ3) is 1.65. The van der Waals surface area contributed by atoms with Crippen LogP contribution in [-0.2, 0) is 6.42 Å². The first-order chi connectivity index (χ1) is 6.89. The number of anilines is 2. The highest BCUT2D eigenvalue weighted by atomic mass is 16.1. The van der Waals surface area contributed by atoms with Gasteiger partial charge in [0.15, 0.2) is 5.78 Å². The molecule has 0 radical (unpaired) electrons. The predicted octanol–water partition coefficient (Wildman–Crippen LogP) is 0.796. The van der Waals surface area contributed by atoms with E-state index < -0.39 is 0 Å². The predicted molar refractivity (Wildman–Crippen MR) is 57.3 cm³/mol. The molecule has 1 aromatic rings. The molecule has 1 aliphatic carbocycles. The number of carbonyl (C=O) groups is 1. The van der Waals surface area contributed by atoms with Crippen molar-refractivity contribution in [2.45, 2.75) is 26.7 Å². The van der Waals surface area contributed by atoms with Crippen molar-refractivity contribution in [1.82, 2.24) is 9.97 Å². The van der Waals surface area contributed by atoms with Crippen molar-refractivity contribution in [3.63, 3.8) is 0 Å². The van der Waals surface area contributed by atoms with Crippen LogP contribution in [0.5, 0.6) is 0 Å². The van der Waals surface area contributed by atoms with Crippen molar-refractivity contribution in [1.29, 1.82) is 0 Å². The zero-order valence-corrected chi connectivity index (χ0v) is 8.87. The molecule has 0 unspecified atom stereocenters. The molecule has 15 heavy (non-hydrogen) atoms. The number of hydrogen-bond acceptors (Lipinski definition) is 5. The third-order valence-electron chi connectivity index (χ3n) is 2.59. The van der Waals surface area contributed by atoms with Crippen LogP contribution in [0, 0.1) is 5.41 Å². The van der Waals surface area contributed by atoms with Crippen molar-refractivity contribution in [3.8, 4) is 0 Å². The number of nitrogens with zero attached hydrogens (tertiary/aromatic N) is 2. The Balaban J connectivity index is 2.60. The number of Topliss-reactive ketones (excluding diaryl/α,β-unsaturated/α-hetero) is 1. The van der Waals surface area contributed by atoms with Gasteiger partial charge in [-0.15, -0.1) is 0 Å². The van der Waals surface area contributed by atoms with E-state index in [-0.39, 0.29) is 23.0 Å². The first-order valence-electron chi connectivity index (χ1n) is 4.84. The first kappa shape index (κ1) is 9.89. The van der Waals surface area contributed by atoms with Crippen LogP contribution in [0.4, 0.5) is 11.8 Å². The van der Waals surface area contributed by atoms with Crippen molar-refractivity contribution in [2.75, 3.05) is 11.5 Å². The Morgan fingerprint density at radius 1 is 1.20 bits per heavy atom. The number of hydrogen-bond donors (Lipinski definition) is 2. The van der Waals surface area contributed by atoms with E-state index in [1.165, 1.54) is 0 Å². The Morgan fingerprint density at radius 2 is 1.87 bits per heavy atom. The van der Waals surface area contributed by atoms with E-state index in [4.69, 9.17) is 11.5 Å². The second-order valence-corrected chi connectivity index (χ2v) is 4.73. The number of rotatable bonds is 0. The maximum absolute atomic E-state index is 11.8. The molecular weight excluding hydrogens is 192 g/mol. The van der Waals surface area contributed by atoms with Crippen molar-refractivity contribution < 1.29 is 4.79 Å². The number of aromatic nitrogens is 2. The van der Waals surface area contributed by atoms with Crippen molar-refractivity contribution >= 4 is 17.5 Å². The van der Waals surface area contributed by atoms with Crippen molar-refractivity contribution in [3.05, 3.63) is 11.3 Å². The quantitative estimate of drug-likeness (QED) is 0.654. The van der Waals surface area contributed by atoms with E-state index in [9.17, 15) is 4.79 Å². The summed E-state index contributed by atoms with van der Waals surface area (Å²) in [5.41, 5.74) is 12.2. The third-order valence-corrected chi connectivity index (χ3v) is 2.59. The highest BCUT2D eigenvalue weighted by Gasteiger charge is 2.33. The van der Waals surface area contributed by atoms with E-state index in [1.54, 1.807) is 0 Å². The second-order valence-electron chi connectivity index (χ2n) is 4.73. The van der Waals surface area contributed by atoms with Gasteiger partial charge in [-0.05, 0) is 11.8 Å². The standard InChI is InChI=1S/C10H14N4O/c1-10(2)3-5-7(6(15)4-10)8(11)14-9(12)13-5/h3-4H2,1-2H3,(H4,11,12,13,14). The van der Waals surface area contributed by atoms with Gasteiger partial charge in [0.1, 0.15) is 5.82 Å².